The Morgan fingerprint density at radius 1 is 1.38 bits per heavy atom. The number of aromatic amines is 1. The normalized spacial score (nSPS) is 19.0. The minimum atomic E-state index is -0.525. The first-order valence-corrected chi connectivity index (χ1v) is 10.5. The highest BCUT2D eigenvalue weighted by Gasteiger charge is 2.28. The van der Waals surface area contributed by atoms with E-state index < -0.39 is 6.29 Å². The largest absolute Gasteiger partial charge is 0.459 e. The Hall–Kier alpha value is -2.68. The molecule has 0 aliphatic carbocycles. The smallest absolute Gasteiger partial charge is 0.286 e. The third-order valence-electron chi connectivity index (χ3n) is 4.71. The van der Waals surface area contributed by atoms with Gasteiger partial charge in [-0.15, -0.1) is 0 Å². The lowest BCUT2D eigenvalue weighted by molar-refractivity contribution is -0.147. The molecular weight excluding hydrogens is 390 g/mol. The summed E-state index contributed by atoms with van der Waals surface area (Å²) in [6.07, 6.45) is 2.48. The van der Waals surface area contributed by atoms with Crippen LogP contribution in [-0.4, -0.2) is 40.5 Å². The number of aliphatic hydroxyl groups is 1. The molecule has 0 saturated heterocycles. The Kier molecular flexibility index (Phi) is 6.24. The van der Waals surface area contributed by atoms with Gasteiger partial charge in [0.05, 0.1) is 24.2 Å². The number of fused-ring (bicyclic) bond motifs is 1. The standard InChI is InChI=1S/C21H23N3O4S/c25-7-3-8-27-20-11-15(14-6-9-29-13-14)10-18(28-20)21(26)22-12-19-23-16-4-1-2-5-17(16)24-19/h1-2,4-6,9-10,13,15,20,25H,3,7-8,11-12H2,(H,22,26)(H,23,24)/t15-,20+/m1/s1. The van der Waals surface area contributed by atoms with E-state index in [0.29, 0.717) is 25.3 Å². The molecule has 3 heterocycles. The number of imidazole rings is 1. The summed E-state index contributed by atoms with van der Waals surface area (Å²) < 4.78 is 11.5. The summed E-state index contributed by atoms with van der Waals surface area (Å²) in [6.45, 7) is 0.708. The molecule has 29 heavy (non-hydrogen) atoms. The van der Waals surface area contributed by atoms with Crippen LogP contribution in [0.3, 0.4) is 0 Å². The van der Waals surface area contributed by atoms with Gasteiger partial charge in [-0.1, -0.05) is 12.1 Å². The summed E-state index contributed by atoms with van der Waals surface area (Å²) in [4.78, 5) is 20.4. The zero-order valence-electron chi connectivity index (χ0n) is 15.8. The van der Waals surface area contributed by atoms with Crippen LogP contribution in [0.25, 0.3) is 11.0 Å². The van der Waals surface area contributed by atoms with Crippen molar-refractivity contribution in [3.63, 3.8) is 0 Å². The second-order valence-corrected chi connectivity index (χ2v) is 7.59. The van der Waals surface area contributed by atoms with E-state index in [0.717, 1.165) is 16.6 Å². The van der Waals surface area contributed by atoms with Crippen molar-refractivity contribution in [2.45, 2.75) is 31.6 Å². The van der Waals surface area contributed by atoms with Crippen LogP contribution in [0.1, 0.15) is 30.1 Å². The topological polar surface area (TPSA) is 96.5 Å². The number of amides is 1. The van der Waals surface area contributed by atoms with Gasteiger partial charge in [-0.25, -0.2) is 4.98 Å². The van der Waals surface area contributed by atoms with Crippen LogP contribution in [0.15, 0.2) is 52.9 Å². The van der Waals surface area contributed by atoms with E-state index >= 15 is 0 Å². The van der Waals surface area contributed by atoms with Crippen molar-refractivity contribution in [3.8, 4) is 0 Å². The molecule has 1 amide bonds. The molecule has 8 heteroatoms. The van der Waals surface area contributed by atoms with Crippen molar-refractivity contribution in [2.75, 3.05) is 13.2 Å². The fourth-order valence-corrected chi connectivity index (χ4v) is 3.98. The Balaban J connectivity index is 1.44. The van der Waals surface area contributed by atoms with Gasteiger partial charge in [0.2, 0.25) is 6.29 Å². The number of aromatic nitrogens is 2. The molecule has 3 N–H and O–H groups in total. The summed E-state index contributed by atoms with van der Waals surface area (Å²) in [6, 6.07) is 9.77. The number of para-hydroxylation sites is 2. The molecule has 0 fully saturated rings. The first-order valence-electron chi connectivity index (χ1n) is 9.58. The molecule has 0 radical (unpaired) electrons. The summed E-state index contributed by atoms with van der Waals surface area (Å²) in [7, 11) is 0. The number of rotatable bonds is 8. The van der Waals surface area contributed by atoms with E-state index in [1.165, 1.54) is 0 Å². The molecule has 0 spiro atoms. The van der Waals surface area contributed by atoms with E-state index in [1.807, 2.05) is 41.8 Å². The maximum absolute atomic E-state index is 12.7. The molecule has 2 aromatic heterocycles. The number of aliphatic hydroxyl groups excluding tert-OH is 1. The third kappa shape index (κ3) is 4.84. The van der Waals surface area contributed by atoms with E-state index in [4.69, 9.17) is 14.6 Å². The van der Waals surface area contributed by atoms with Crippen molar-refractivity contribution in [3.05, 3.63) is 64.3 Å². The zero-order chi connectivity index (χ0) is 20.1. The average Bonchev–Trinajstić information content (AvgIpc) is 3.41. The molecule has 1 aromatic carbocycles. The molecule has 0 unspecified atom stereocenters. The highest BCUT2D eigenvalue weighted by molar-refractivity contribution is 7.08. The van der Waals surface area contributed by atoms with E-state index in [1.54, 1.807) is 11.3 Å². The van der Waals surface area contributed by atoms with Crippen molar-refractivity contribution in [1.82, 2.24) is 15.3 Å². The number of H-pyrrole nitrogens is 1. The van der Waals surface area contributed by atoms with Crippen molar-refractivity contribution in [1.29, 1.82) is 0 Å². The van der Waals surface area contributed by atoms with Gasteiger partial charge in [0.1, 0.15) is 5.82 Å². The van der Waals surface area contributed by atoms with Crippen LogP contribution < -0.4 is 5.32 Å². The second-order valence-electron chi connectivity index (χ2n) is 6.81. The Morgan fingerprint density at radius 2 is 2.28 bits per heavy atom. The number of carbonyl (C=O) groups is 1. The monoisotopic (exact) mass is 413 g/mol. The van der Waals surface area contributed by atoms with Crippen LogP contribution >= 0.6 is 11.3 Å². The number of benzene rings is 1. The Morgan fingerprint density at radius 3 is 3.07 bits per heavy atom. The van der Waals surface area contributed by atoms with Crippen molar-refractivity contribution in [2.24, 2.45) is 0 Å². The first kappa shape index (κ1) is 19.6. The van der Waals surface area contributed by atoms with Crippen molar-refractivity contribution < 1.29 is 19.4 Å². The van der Waals surface area contributed by atoms with Gasteiger partial charge in [-0.3, -0.25) is 4.79 Å². The predicted octanol–water partition coefficient (Wildman–Crippen LogP) is 3.05. The number of thiophene rings is 1. The maximum atomic E-state index is 12.7. The quantitative estimate of drug-likeness (QED) is 0.493. The van der Waals surface area contributed by atoms with Gasteiger partial charge >= 0.3 is 0 Å². The third-order valence-corrected chi connectivity index (χ3v) is 5.41. The van der Waals surface area contributed by atoms with Gasteiger partial charge in [0.25, 0.3) is 5.91 Å². The molecule has 0 saturated carbocycles. The van der Waals surface area contributed by atoms with Gasteiger partial charge in [-0.2, -0.15) is 11.3 Å². The van der Waals surface area contributed by atoms with Crippen LogP contribution in [-0.2, 0) is 20.8 Å². The SMILES string of the molecule is O=C(NCc1nc2ccccc2[nH]1)C1=C[C@@H](c2ccsc2)C[C@@H](OCCCO)O1. The van der Waals surface area contributed by atoms with Gasteiger partial charge in [0, 0.05) is 18.9 Å². The fraction of sp³-hybridized carbons (Fsp3) is 0.333. The minimum Gasteiger partial charge on any atom is -0.459 e. The van der Waals surface area contributed by atoms with Crippen molar-refractivity contribution >= 4 is 28.3 Å². The van der Waals surface area contributed by atoms with E-state index in [-0.39, 0.29) is 30.7 Å². The highest BCUT2D eigenvalue weighted by atomic mass is 32.1. The molecule has 7 nitrogen and oxygen atoms in total. The predicted molar refractivity (Wildman–Crippen MR) is 110 cm³/mol. The van der Waals surface area contributed by atoms with Crippen LogP contribution in [0.2, 0.25) is 0 Å². The van der Waals surface area contributed by atoms with Crippen LogP contribution in [0.4, 0.5) is 0 Å². The molecule has 3 aromatic rings. The number of nitrogens with one attached hydrogen (secondary N) is 2. The second kappa shape index (κ2) is 9.21. The molecule has 4 rings (SSSR count). The number of hydrogen-bond donors (Lipinski definition) is 3. The summed E-state index contributed by atoms with van der Waals surface area (Å²) in [5.41, 5.74) is 2.93. The molecule has 1 aliphatic rings. The van der Waals surface area contributed by atoms with Gasteiger partial charge in [-0.05, 0) is 47.0 Å². The first-order chi connectivity index (χ1) is 14.2. The van der Waals surface area contributed by atoms with Gasteiger partial charge < -0.3 is 24.9 Å². The average molecular weight is 413 g/mol. The zero-order valence-corrected chi connectivity index (χ0v) is 16.7. The van der Waals surface area contributed by atoms with E-state index in [2.05, 4.69) is 20.7 Å². The lowest BCUT2D eigenvalue weighted by atomic mass is 9.95. The molecule has 152 valence electrons. The lowest BCUT2D eigenvalue weighted by Crippen LogP contribution is -2.33. The number of hydrogen-bond acceptors (Lipinski definition) is 6. The molecular formula is C21H23N3O4S. The van der Waals surface area contributed by atoms with E-state index in [9.17, 15) is 4.79 Å². The summed E-state index contributed by atoms with van der Waals surface area (Å²) in [5, 5.41) is 15.9. The number of ether oxygens (including phenoxy) is 2. The summed E-state index contributed by atoms with van der Waals surface area (Å²) >= 11 is 1.62. The molecule has 2 atom stereocenters. The Labute approximate surface area is 172 Å². The Bertz CT molecular complexity index is 950. The number of allylic oxidation sites excluding steroid dienone is 1. The molecule has 1 aliphatic heterocycles. The van der Waals surface area contributed by atoms with Gasteiger partial charge in [0.15, 0.2) is 5.76 Å². The number of nitrogens with zero attached hydrogens (tertiary/aromatic N) is 1. The highest BCUT2D eigenvalue weighted by Crippen LogP contribution is 2.32. The van der Waals surface area contributed by atoms with Crippen LogP contribution in [0, 0.1) is 0 Å². The lowest BCUT2D eigenvalue weighted by Gasteiger charge is -2.28. The minimum absolute atomic E-state index is 0.0427. The van der Waals surface area contributed by atoms with Crippen LogP contribution in [0.5, 0.6) is 0 Å². The maximum Gasteiger partial charge on any atom is 0.286 e. The molecule has 0 bridgehead atoms. The number of carbonyl (C=O) groups excluding carboxylic acids is 1. The fourth-order valence-electron chi connectivity index (χ4n) is 3.26. The summed E-state index contributed by atoms with van der Waals surface area (Å²) in [5.74, 6) is 0.667.